The maximum Gasteiger partial charge on any atom is 0.319 e. The number of fused-ring (bicyclic) bond motifs is 1. The number of hydrogen-bond donors (Lipinski definition) is 2. The van der Waals surface area contributed by atoms with E-state index in [1.807, 2.05) is 35.0 Å². The first kappa shape index (κ1) is 21.5. The molecule has 2 N–H and O–H groups in total. The molecule has 1 saturated heterocycles. The van der Waals surface area contributed by atoms with Crippen molar-refractivity contribution in [3.63, 3.8) is 0 Å². The second-order valence-corrected chi connectivity index (χ2v) is 8.53. The van der Waals surface area contributed by atoms with Crippen LogP contribution < -0.4 is 10.6 Å². The van der Waals surface area contributed by atoms with Crippen LogP contribution in [-0.4, -0.2) is 45.1 Å². The Bertz CT molecular complexity index is 1080. The summed E-state index contributed by atoms with van der Waals surface area (Å²) in [6, 6.07) is 15.8. The van der Waals surface area contributed by atoms with Crippen molar-refractivity contribution in [1.29, 1.82) is 0 Å². The van der Waals surface area contributed by atoms with Crippen molar-refractivity contribution in [2.45, 2.75) is 44.7 Å². The molecule has 1 atom stereocenters. The number of rotatable bonds is 5. The Hall–Kier alpha value is -3.30. The van der Waals surface area contributed by atoms with Gasteiger partial charge in [0.1, 0.15) is 17.6 Å². The summed E-state index contributed by atoms with van der Waals surface area (Å²) in [4.78, 5) is 14.6. The average molecular weight is 451 g/mol. The topological polar surface area (TPSA) is 84.3 Å². The number of benzene rings is 2. The van der Waals surface area contributed by atoms with Crippen LogP contribution in [0.5, 0.6) is 0 Å². The van der Waals surface area contributed by atoms with E-state index in [0.717, 1.165) is 48.6 Å². The van der Waals surface area contributed by atoms with Gasteiger partial charge in [-0.15, -0.1) is 5.10 Å². The van der Waals surface area contributed by atoms with E-state index >= 15 is 0 Å². The predicted molar refractivity (Wildman–Crippen MR) is 121 cm³/mol. The van der Waals surface area contributed by atoms with Gasteiger partial charge < -0.3 is 15.4 Å². The van der Waals surface area contributed by atoms with Gasteiger partial charge in [0.25, 0.3) is 0 Å². The Labute approximate surface area is 191 Å². The number of amides is 2. The summed E-state index contributed by atoms with van der Waals surface area (Å²) in [6.07, 6.45) is 1.61. The summed E-state index contributed by atoms with van der Waals surface area (Å²) in [6.45, 7) is 3.46. The third kappa shape index (κ3) is 5.20. The summed E-state index contributed by atoms with van der Waals surface area (Å²) in [5.74, 6) is -0.255. The second-order valence-electron chi connectivity index (χ2n) is 8.53. The molecule has 0 saturated carbocycles. The summed E-state index contributed by atoms with van der Waals surface area (Å²) in [5, 5.41) is 14.7. The van der Waals surface area contributed by atoms with Crippen LogP contribution in [0.3, 0.4) is 0 Å². The van der Waals surface area contributed by atoms with Crippen molar-refractivity contribution in [3.8, 4) is 0 Å². The Morgan fingerprint density at radius 1 is 1.09 bits per heavy atom. The quantitative estimate of drug-likeness (QED) is 0.622. The lowest BCUT2D eigenvalue weighted by atomic mass is 10.0. The van der Waals surface area contributed by atoms with E-state index in [1.165, 1.54) is 12.1 Å². The number of carbonyl (C=O) groups is 1. The monoisotopic (exact) mass is 450 g/mol. The van der Waals surface area contributed by atoms with Crippen LogP contribution in [0.15, 0.2) is 54.6 Å². The molecule has 2 aliphatic rings. The van der Waals surface area contributed by atoms with Gasteiger partial charge in [-0.25, -0.2) is 13.9 Å². The molecule has 3 heterocycles. The maximum absolute atomic E-state index is 13.2. The number of piperidine rings is 1. The Kier molecular flexibility index (Phi) is 6.32. The van der Waals surface area contributed by atoms with Crippen molar-refractivity contribution in [3.05, 3.63) is 77.4 Å². The van der Waals surface area contributed by atoms with Gasteiger partial charge in [0.05, 0.1) is 18.8 Å². The standard InChI is InChI=1S/C24H27FN6O2/c25-18-8-6-17(7-9-18)23-15-31-22(16-33-23)21(28-29-31)14-30-12-10-20(11-13-30)27-24(32)26-19-4-2-1-3-5-19/h1-9,20,23H,10-16H2,(H2,26,27,32)/t23-/m0/s1. The zero-order valence-corrected chi connectivity index (χ0v) is 18.3. The second kappa shape index (κ2) is 9.68. The summed E-state index contributed by atoms with van der Waals surface area (Å²) in [7, 11) is 0. The first-order chi connectivity index (χ1) is 16.1. The molecule has 1 fully saturated rings. The van der Waals surface area contributed by atoms with Gasteiger partial charge in [-0.1, -0.05) is 35.5 Å². The van der Waals surface area contributed by atoms with Crippen LogP contribution in [0.2, 0.25) is 0 Å². The van der Waals surface area contributed by atoms with Gasteiger partial charge in [0.2, 0.25) is 0 Å². The fourth-order valence-electron chi connectivity index (χ4n) is 4.39. The molecule has 2 amide bonds. The first-order valence-electron chi connectivity index (χ1n) is 11.3. The fraction of sp³-hybridized carbons (Fsp3) is 0.375. The van der Waals surface area contributed by atoms with Gasteiger partial charge in [0.15, 0.2) is 0 Å². The molecular formula is C24H27FN6O2. The number of nitrogens with one attached hydrogen (secondary N) is 2. The minimum atomic E-state index is -0.255. The lowest BCUT2D eigenvalue weighted by Gasteiger charge is -2.32. The van der Waals surface area contributed by atoms with Crippen molar-refractivity contribution in [1.82, 2.24) is 25.2 Å². The molecule has 0 spiro atoms. The molecule has 5 rings (SSSR count). The van der Waals surface area contributed by atoms with Crippen LogP contribution in [0.25, 0.3) is 0 Å². The number of likely N-dealkylation sites (tertiary alicyclic amines) is 1. The highest BCUT2D eigenvalue weighted by Gasteiger charge is 2.27. The minimum Gasteiger partial charge on any atom is -0.365 e. The van der Waals surface area contributed by atoms with Crippen LogP contribution in [0, 0.1) is 5.82 Å². The zero-order chi connectivity index (χ0) is 22.6. The molecule has 33 heavy (non-hydrogen) atoms. The van der Waals surface area contributed by atoms with Gasteiger partial charge >= 0.3 is 6.03 Å². The third-order valence-corrected chi connectivity index (χ3v) is 6.25. The van der Waals surface area contributed by atoms with Crippen LogP contribution in [0.4, 0.5) is 14.9 Å². The highest BCUT2D eigenvalue weighted by Crippen LogP contribution is 2.27. The zero-order valence-electron chi connectivity index (χ0n) is 18.3. The van der Waals surface area contributed by atoms with Crippen molar-refractivity contribution in [2.24, 2.45) is 0 Å². The van der Waals surface area contributed by atoms with Crippen LogP contribution in [0.1, 0.15) is 35.9 Å². The number of urea groups is 1. The largest absolute Gasteiger partial charge is 0.365 e. The van der Waals surface area contributed by atoms with Crippen LogP contribution >= 0.6 is 0 Å². The number of para-hydroxylation sites is 1. The molecule has 172 valence electrons. The molecule has 1 aromatic heterocycles. The number of hydrogen-bond acceptors (Lipinski definition) is 5. The number of carbonyl (C=O) groups excluding carboxylic acids is 1. The lowest BCUT2D eigenvalue weighted by molar-refractivity contribution is -0.00219. The Morgan fingerprint density at radius 3 is 2.61 bits per heavy atom. The van der Waals surface area contributed by atoms with Crippen LogP contribution in [-0.2, 0) is 24.4 Å². The highest BCUT2D eigenvalue weighted by molar-refractivity contribution is 5.89. The van der Waals surface area contributed by atoms with E-state index in [0.29, 0.717) is 19.7 Å². The van der Waals surface area contributed by atoms with Crippen molar-refractivity contribution < 1.29 is 13.9 Å². The fourth-order valence-corrected chi connectivity index (χ4v) is 4.39. The lowest BCUT2D eigenvalue weighted by Crippen LogP contribution is -2.45. The molecule has 3 aromatic rings. The van der Waals surface area contributed by atoms with E-state index in [-0.39, 0.29) is 24.0 Å². The van der Waals surface area contributed by atoms with Gasteiger partial charge in [-0.3, -0.25) is 4.90 Å². The molecule has 8 nitrogen and oxygen atoms in total. The summed E-state index contributed by atoms with van der Waals surface area (Å²) in [5.41, 5.74) is 3.65. The van der Waals surface area contributed by atoms with Gasteiger partial charge in [-0.2, -0.15) is 0 Å². The van der Waals surface area contributed by atoms with Crippen molar-refractivity contribution >= 4 is 11.7 Å². The third-order valence-electron chi connectivity index (χ3n) is 6.25. The van der Waals surface area contributed by atoms with Crippen molar-refractivity contribution in [2.75, 3.05) is 18.4 Å². The molecule has 9 heteroatoms. The van der Waals surface area contributed by atoms with Gasteiger partial charge in [0, 0.05) is 31.4 Å². The van der Waals surface area contributed by atoms with E-state index in [4.69, 9.17) is 4.74 Å². The van der Waals surface area contributed by atoms with E-state index in [2.05, 4.69) is 25.8 Å². The molecule has 2 aromatic carbocycles. The SMILES string of the molecule is O=C(Nc1ccccc1)NC1CCN(Cc2nnn3c2CO[C@H](c2ccc(F)cc2)C3)CC1. The molecule has 0 radical (unpaired) electrons. The number of ether oxygens (including phenoxy) is 1. The normalized spacial score (nSPS) is 19.1. The Balaban J connectivity index is 1.11. The molecular weight excluding hydrogens is 423 g/mol. The minimum absolute atomic E-state index is 0.152. The highest BCUT2D eigenvalue weighted by atomic mass is 19.1. The predicted octanol–water partition coefficient (Wildman–Crippen LogP) is 3.47. The summed E-state index contributed by atoms with van der Waals surface area (Å²) >= 11 is 0. The summed E-state index contributed by atoms with van der Waals surface area (Å²) < 4.78 is 21.1. The van der Waals surface area contributed by atoms with Gasteiger partial charge in [-0.05, 0) is 42.7 Å². The molecule has 2 aliphatic heterocycles. The van der Waals surface area contributed by atoms with E-state index in [1.54, 1.807) is 12.1 Å². The van der Waals surface area contributed by atoms with E-state index < -0.39 is 0 Å². The smallest absolute Gasteiger partial charge is 0.319 e. The molecule has 0 unspecified atom stereocenters. The number of nitrogens with zero attached hydrogens (tertiary/aromatic N) is 4. The maximum atomic E-state index is 13.2. The number of aromatic nitrogens is 3. The number of anilines is 1. The molecule has 0 aliphatic carbocycles. The number of halogens is 1. The van der Waals surface area contributed by atoms with E-state index in [9.17, 15) is 9.18 Å². The molecule has 0 bridgehead atoms. The Morgan fingerprint density at radius 2 is 1.85 bits per heavy atom. The first-order valence-corrected chi connectivity index (χ1v) is 11.3. The average Bonchev–Trinajstić information content (AvgIpc) is 3.23.